The molecule has 0 aliphatic carbocycles. The normalized spacial score (nSPS) is 14.8. The second-order valence-electron chi connectivity index (χ2n) is 5.40. The van der Waals surface area contributed by atoms with Gasteiger partial charge in [0.1, 0.15) is 11.3 Å². The summed E-state index contributed by atoms with van der Waals surface area (Å²) in [6.45, 7) is 11.9. The van der Waals surface area contributed by atoms with Crippen molar-refractivity contribution in [2.24, 2.45) is 0 Å². The standard InChI is InChI=1S/C17H25NO/c1-6-11(3)14-9-8-10-15-12(4)16(19-17(14)15)13(5)18-7-2/h8-11,13,18H,6-7H2,1-5H3. The maximum absolute atomic E-state index is 6.20. The van der Waals surface area contributed by atoms with Crippen molar-refractivity contribution in [2.75, 3.05) is 6.54 Å². The van der Waals surface area contributed by atoms with E-state index in [1.165, 1.54) is 16.5 Å². The predicted octanol–water partition coefficient (Wildman–Crippen LogP) is 4.93. The Morgan fingerprint density at radius 1 is 1.21 bits per heavy atom. The molecule has 104 valence electrons. The zero-order chi connectivity index (χ0) is 14.0. The van der Waals surface area contributed by atoms with Gasteiger partial charge in [0.2, 0.25) is 0 Å². The molecule has 2 atom stereocenters. The van der Waals surface area contributed by atoms with Crippen LogP contribution in [0.1, 0.15) is 63.0 Å². The number of fused-ring (bicyclic) bond motifs is 1. The van der Waals surface area contributed by atoms with E-state index in [-0.39, 0.29) is 6.04 Å². The van der Waals surface area contributed by atoms with Gasteiger partial charge in [-0.2, -0.15) is 0 Å². The van der Waals surface area contributed by atoms with Crippen LogP contribution >= 0.6 is 0 Å². The summed E-state index contributed by atoms with van der Waals surface area (Å²) < 4.78 is 6.20. The molecule has 0 fully saturated rings. The highest BCUT2D eigenvalue weighted by atomic mass is 16.3. The average molecular weight is 259 g/mol. The predicted molar refractivity (Wildman–Crippen MR) is 81.7 cm³/mol. The highest BCUT2D eigenvalue weighted by Crippen LogP contribution is 2.35. The van der Waals surface area contributed by atoms with Gasteiger partial charge in [0.25, 0.3) is 0 Å². The van der Waals surface area contributed by atoms with Crippen molar-refractivity contribution < 1.29 is 4.42 Å². The van der Waals surface area contributed by atoms with Crippen molar-refractivity contribution >= 4 is 11.0 Å². The van der Waals surface area contributed by atoms with Crippen LogP contribution in [0.5, 0.6) is 0 Å². The van der Waals surface area contributed by atoms with Crippen LogP contribution in [0.15, 0.2) is 22.6 Å². The van der Waals surface area contributed by atoms with Gasteiger partial charge in [-0.15, -0.1) is 0 Å². The highest BCUT2D eigenvalue weighted by molar-refractivity contribution is 5.85. The number of aryl methyl sites for hydroxylation is 1. The fourth-order valence-electron chi connectivity index (χ4n) is 2.70. The van der Waals surface area contributed by atoms with Crippen molar-refractivity contribution in [1.29, 1.82) is 0 Å². The number of nitrogens with one attached hydrogen (secondary N) is 1. The number of hydrogen-bond donors (Lipinski definition) is 1. The molecular formula is C17H25NO. The van der Waals surface area contributed by atoms with Gasteiger partial charge in [0, 0.05) is 5.39 Å². The van der Waals surface area contributed by atoms with E-state index in [9.17, 15) is 0 Å². The van der Waals surface area contributed by atoms with Crippen LogP contribution in [0.2, 0.25) is 0 Å². The molecule has 0 radical (unpaired) electrons. The third-order valence-corrected chi connectivity index (χ3v) is 4.08. The van der Waals surface area contributed by atoms with Gasteiger partial charge in [-0.1, -0.05) is 39.0 Å². The van der Waals surface area contributed by atoms with Crippen molar-refractivity contribution in [1.82, 2.24) is 5.32 Å². The smallest absolute Gasteiger partial charge is 0.138 e. The van der Waals surface area contributed by atoms with Crippen molar-refractivity contribution in [3.63, 3.8) is 0 Å². The largest absolute Gasteiger partial charge is 0.459 e. The number of furan rings is 1. The first-order valence-electron chi connectivity index (χ1n) is 7.35. The summed E-state index contributed by atoms with van der Waals surface area (Å²) in [5.74, 6) is 1.61. The lowest BCUT2D eigenvalue weighted by Gasteiger charge is -2.10. The molecule has 0 aliphatic rings. The van der Waals surface area contributed by atoms with Gasteiger partial charge in [-0.25, -0.2) is 0 Å². The van der Waals surface area contributed by atoms with Crippen LogP contribution in [0.25, 0.3) is 11.0 Å². The van der Waals surface area contributed by atoms with Crippen molar-refractivity contribution in [3.05, 3.63) is 35.1 Å². The summed E-state index contributed by atoms with van der Waals surface area (Å²) in [6, 6.07) is 6.78. The maximum Gasteiger partial charge on any atom is 0.138 e. The Morgan fingerprint density at radius 3 is 2.58 bits per heavy atom. The van der Waals surface area contributed by atoms with Gasteiger partial charge < -0.3 is 9.73 Å². The minimum atomic E-state index is 0.266. The van der Waals surface area contributed by atoms with Gasteiger partial charge in [-0.05, 0) is 43.9 Å². The quantitative estimate of drug-likeness (QED) is 0.824. The van der Waals surface area contributed by atoms with Gasteiger partial charge in [0.05, 0.1) is 6.04 Å². The van der Waals surface area contributed by atoms with E-state index in [2.05, 4.69) is 58.1 Å². The summed E-state index contributed by atoms with van der Waals surface area (Å²) in [7, 11) is 0. The van der Waals surface area contributed by atoms with Crippen LogP contribution in [-0.2, 0) is 0 Å². The molecule has 1 N–H and O–H groups in total. The molecule has 1 aromatic heterocycles. The molecule has 2 aromatic rings. The van der Waals surface area contributed by atoms with Crippen LogP contribution in [0.3, 0.4) is 0 Å². The summed E-state index contributed by atoms with van der Waals surface area (Å²) in [5, 5.41) is 4.69. The molecule has 2 rings (SSSR count). The molecule has 0 bridgehead atoms. The molecule has 0 saturated heterocycles. The summed E-state index contributed by atoms with van der Waals surface area (Å²) in [6.07, 6.45) is 1.14. The minimum absolute atomic E-state index is 0.266. The first kappa shape index (κ1) is 14.1. The fraction of sp³-hybridized carbons (Fsp3) is 0.529. The lowest BCUT2D eigenvalue weighted by Crippen LogP contribution is -2.17. The fourth-order valence-corrected chi connectivity index (χ4v) is 2.70. The van der Waals surface area contributed by atoms with Gasteiger partial charge in [0.15, 0.2) is 0 Å². The lowest BCUT2D eigenvalue weighted by molar-refractivity contribution is 0.453. The third kappa shape index (κ3) is 2.55. The molecule has 19 heavy (non-hydrogen) atoms. The molecule has 0 aliphatic heterocycles. The van der Waals surface area contributed by atoms with Crippen molar-refractivity contribution in [2.45, 2.75) is 53.0 Å². The van der Waals surface area contributed by atoms with Crippen LogP contribution < -0.4 is 5.32 Å². The van der Waals surface area contributed by atoms with E-state index in [1.54, 1.807) is 0 Å². The van der Waals surface area contributed by atoms with E-state index in [4.69, 9.17) is 4.42 Å². The SMILES string of the molecule is CCNC(C)c1oc2c(C(C)CC)cccc2c1C. The Morgan fingerprint density at radius 2 is 1.95 bits per heavy atom. The zero-order valence-corrected chi connectivity index (χ0v) is 12.7. The molecular weight excluding hydrogens is 234 g/mol. The monoisotopic (exact) mass is 259 g/mol. The summed E-state index contributed by atoms with van der Waals surface area (Å²) >= 11 is 0. The molecule has 1 aromatic carbocycles. The summed E-state index contributed by atoms with van der Waals surface area (Å²) in [5.41, 5.74) is 3.68. The van der Waals surface area contributed by atoms with Gasteiger partial charge >= 0.3 is 0 Å². The summed E-state index contributed by atoms with van der Waals surface area (Å²) in [4.78, 5) is 0. The minimum Gasteiger partial charge on any atom is -0.459 e. The van der Waals surface area contributed by atoms with Crippen LogP contribution in [-0.4, -0.2) is 6.54 Å². The Balaban J connectivity index is 2.56. The highest BCUT2D eigenvalue weighted by Gasteiger charge is 2.19. The second kappa shape index (κ2) is 5.79. The van der Waals surface area contributed by atoms with Gasteiger partial charge in [-0.3, -0.25) is 0 Å². The van der Waals surface area contributed by atoms with Crippen molar-refractivity contribution in [3.8, 4) is 0 Å². The topological polar surface area (TPSA) is 25.2 Å². The molecule has 0 amide bonds. The third-order valence-electron chi connectivity index (χ3n) is 4.08. The number of hydrogen-bond acceptors (Lipinski definition) is 2. The first-order valence-corrected chi connectivity index (χ1v) is 7.35. The molecule has 2 heteroatoms. The Kier molecular flexibility index (Phi) is 4.31. The van der Waals surface area contributed by atoms with E-state index >= 15 is 0 Å². The Hall–Kier alpha value is -1.28. The lowest BCUT2D eigenvalue weighted by atomic mass is 9.96. The Labute approximate surface area is 116 Å². The van der Waals surface area contributed by atoms with Crippen LogP contribution in [0, 0.1) is 6.92 Å². The first-order chi connectivity index (χ1) is 9.10. The molecule has 0 spiro atoms. The number of rotatable bonds is 5. The molecule has 0 saturated carbocycles. The molecule has 2 nitrogen and oxygen atoms in total. The number of para-hydroxylation sites is 1. The van der Waals surface area contributed by atoms with Crippen LogP contribution in [0.4, 0.5) is 0 Å². The second-order valence-corrected chi connectivity index (χ2v) is 5.40. The van der Waals surface area contributed by atoms with E-state index < -0.39 is 0 Å². The maximum atomic E-state index is 6.20. The van der Waals surface area contributed by atoms with E-state index in [1.807, 2.05) is 0 Å². The molecule has 1 heterocycles. The van der Waals surface area contributed by atoms with E-state index in [0.29, 0.717) is 5.92 Å². The average Bonchev–Trinajstić information content (AvgIpc) is 2.76. The molecule has 2 unspecified atom stereocenters. The zero-order valence-electron chi connectivity index (χ0n) is 12.7. The number of benzene rings is 1. The Bertz CT molecular complexity index is 556. The van der Waals surface area contributed by atoms with E-state index in [0.717, 1.165) is 24.3 Å².